The van der Waals surface area contributed by atoms with E-state index in [9.17, 15) is 9.59 Å². The molecule has 1 saturated carbocycles. The Bertz CT molecular complexity index is 336. The summed E-state index contributed by atoms with van der Waals surface area (Å²) in [4.78, 5) is 23.3. The van der Waals surface area contributed by atoms with Crippen molar-refractivity contribution in [3.63, 3.8) is 0 Å². The molecule has 0 aromatic carbocycles. The average Bonchev–Trinajstić information content (AvgIpc) is 2.38. The van der Waals surface area contributed by atoms with Gasteiger partial charge in [0.15, 0.2) is 0 Å². The molecule has 0 spiro atoms. The molecule has 0 aromatic heterocycles. The summed E-state index contributed by atoms with van der Waals surface area (Å²) in [5, 5.41) is 11.8. The molecule has 0 aromatic rings. The molecule has 0 bridgehead atoms. The first-order valence-corrected chi connectivity index (χ1v) is 7.06. The molecule has 2 atom stereocenters. The number of carbonyl (C=O) groups is 2. The van der Waals surface area contributed by atoms with Crippen LogP contribution >= 0.6 is 0 Å². The molecule has 0 saturated heterocycles. The quantitative estimate of drug-likeness (QED) is 0.703. The summed E-state index contributed by atoms with van der Waals surface area (Å²) in [6.45, 7) is 5.85. The molecule has 1 aliphatic rings. The van der Waals surface area contributed by atoms with Crippen molar-refractivity contribution in [2.75, 3.05) is 6.54 Å². The zero-order chi connectivity index (χ0) is 14.6. The Morgan fingerprint density at radius 1 is 1.37 bits per heavy atom. The van der Waals surface area contributed by atoms with Gasteiger partial charge in [-0.3, -0.25) is 9.59 Å². The van der Waals surface area contributed by atoms with E-state index in [0.29, 0.717) is 12.5 Å². The monoisotopic (exact) mass is 270 g/mol. The van der Waals surface area contributed by atoms with Gasteiger partial charge in [-0.05, 0) is 45.4 Å². The second kappa shape index (κ2) is 6.37. The lowest BCUT2D eigenvalue weighted by Gasteiger charge is -2.38. The van der Waals surface area contributed by atoms with Crippen molar-refractivity contribution >= 4 is 11.9 Å². The summed E-state index contributed by atoms with van der Waals surface area (Å²) in [6.07, 6.45) is 3.61. The highest BCUT2D eigenvalue weighted by Crippen LogP contribution is 2.38. The highest BCUT2D eigenvalue weighted by atomic mass is 16.4. The van der Waals surface area contributed by atoms with Crippen LogP contribution in [0.1, 0.15) is 46.5 Å². The zero-order valence-electron chi connectivity index (χ0n) is 12.1. The molecule has 0 heterocycles. The van der Waals surface area contributed by atoms with Crippen LogP contribution in [0.15, 0.2) is 0 Å². The van der Waals surface area contributed by atoms with Gasteiger partial charge in [-0.2, -0.15) is 0 Å². The van der Waals surface area contributed by atoms with Gasteiger partial charge in [0.25, 0.3) is 0 Å². The van der Waals surface area contributed by atoms with E-state index in [0.717, 1.165) is 25.7 Å². The van der Waals surface area contributed by atoms with Crippen LogP contribution in [0.5, 0.6) is 0 Å². The lowest BCUT2D eigenvalue weighted by molar-refractivity contribution is -0.142. The van der Waals surface area contributed by atoms with Crippen LogP contribution in [0, 0.1) is 17.3 Å². The Hall–Kier alpha value is -1.10. The number of hydrogen-bond acceptors (Lipinski definition) is 3. The van der Waals surface area contributed by atoms with Crippen molar-refractivity contribution in [3.05, 3.63) is 0 Å². The van der Waals surface area contributed by atoms with E-state index in [-0.39, 0.29) is 11.9 Å². The largest absolute Gasteiger partial charge is 0.481 e. The molecule has 5 nitrogen and oxygen atoms in total. The van der Waals surface area contributed by atoms with Crippen molar-refractivity contribution in [2.24, 2.45) is 23.0 Å². The lowest BCUT2D eigenvalue weighted by atomic mass is 9.70. The first kappa shape index (κ1) is 16.0. The number of carbonyl (C=O) groups excluding carboxylic acids is 1. The van der Waals surface area contributed by atoms with Crippen molar-refractivity contribution in [1.29, 1.82) is 0 Å². The maximum atomic E-state index is 12.4. The van der Waals surface area contributed by atoms with Gasteiger partial charge in [-0.15, -0.1) is 0 Å². The van der Waals surface area contributed by atoms with Crippen molar-refractivity contribution in [1.82, 2.24) is 5.32 Å². The molecule has 1 aliphatic carbocycles. The smallest absolute Gasteiger partial charge is 0.308 e. The maximum absolute atomic E-state index is 12.4. The van der Waals surface area contributed by atoms with E-state index in [4.69, 9.17) is 10.8 Å². The highest BCUT2D eigenvalue weighted by molar-refractivity contribution is 5.84. The molecule has 2 unspecified atom stereocenters. The average molecular weight is 270 g/mol. The van der Waals surface area contributed by atoms with E-state index >= 15 is 0 Å². The van der Waals surface area contributed by atoms with Gasteiger partial charge < -0.3 is 16.2 Å². The number of hydrogen-bond donors (Lipinski definition) is 3. The van der Waals surface area contributed by atoms with E-state index in [2.05, 4.69) is 12.2 Å². The minimum Gasteiger partial charge on any atom is -0.481 e. The minimum atomic E-state index is -0.896. The minimum absolute atomic E-state index is 0.0810. The van der Waals surface area contributed by atoms with E-state index < -0.39 is 17.3 Å². The molecule has 5 heteroatoms. The van der Waals surface area contributed by atoms with Crippen LogP contribution < -0.4 is 11.1 Å². The standard InChI is InChI=1S/C14H26N2O3/c1-9-4-6-14(8-15,7-5-9)13(19)16-11(3)10(2)12(17)18/h9-11H,4-8,15H2,1-3H3,(H,16,19)(H,17,18). The predicted molar refractivity (Wildman–Crippen MR) is 73.5 cm³/mol. The fourth-order valence-corrected chi connectivity index (χ4v) is 2.54. The SMILES string of the molecule is CC1CCC(CN)(C(=O)NC(C)C(C)C(=O)O)CC1. The summed E-state index contributed by atoms with van der Waals surface area (Å²) in [5.41, 5.74) is 5.32. The summed E-state index contributed by atoms with van der Waals surface area (Å²) in [5.74, 6) is -0.932. The van der Waals surface area contributed by atoms with E-state index in [1.54, 1.807) is 13.8 Å². The van der Waals surface area contributed by atoms with Gasteiger partial charge in [-0.25, -0.2) is 0 Å². The second-order valence-corrected chi connectivity index (χ2v) is 6.06. The predicted octanol–water partition coefficient (Wildman–Crippen LogP) is 1.37. The van der Waals surface area contributed by atoms with Gasteiger partial charge in [0.2, 0.25) is 5.91 Å². The molecule has 0 aliphatic heterocycles. The van der Waals surface area contributed by atoms with E-state index in [1.807, 2.05) is 0 Å². The number of rotatable bonds is 5. The Morgan fingerprint density at radius 2 is 1.89 bits per heavy atom. The third-order valence-electron chi connectivity index (χ3n) is 4.60. The first-order chi connectivity index (χ1) is 8.82. The highest BCUT2D eigenvalue weighted by Gasteiger charge is 2.40. The van der Waals surface area contributed by atoms with Gasteiger partial charge in [-0.1, -0.05) is 6.92 Å². The molecule has 1 amide bonds. The topological polar surface area (TPSA) is 92.4 Å². The molecule has 1 rings (SSSR count). The van der Waals surface area contributed by atoms with E-state index in [1.165, 1.54) is 0 Å². The van der Waals surface area contributed by atoms with Gasteiger partial charge in [0.1, 0.15) is 0 Å². The van der Waals surface area contributed by atoms with Gasteiger partial charge in [0.05, 0.1) is 11.3 Å². The fourth-order valence-electron chi connectivity index (χ4n) is 2.54. The van der Waals surface area contributed by atoms with Crippen LogP contribution in [0.3, 0.4) is 0 Å². The number of carboxylic acids is 1. The van der Waals surface area contributed by atoms with Crippen LogP contribution in [0.2, 0.25) is 0 Å². The summed E-state index contributed by atoms with van der Waals surface area (Å²) < 4.78 is 0. The normalized spacial score (nSPS) is 30.4. The van der Waals surface area contributed by atoms with Crippen LogP contribution in [-0.2, 0) is 9.59 Å². The molecule has 19 heavy (non-hydrogen) atoms. The van der Waals surface area contributed by atoms with Crippen LogP contribution in [0.4, 0.5) is 0 Å². The third-order valence-corrected chi connectivity index (χ3v) is 4.60. The van der Waals surface area contributed by atoms with Crippen molar-refractivity contribution < 1.29 is 14.7 Å². The summed E-state index contributed by atoms with van der Waals surface area (Å²) in [6, 6.07) is -0.382. The van der Waals surface area contributed by atoms with Crippen molar-refractivity contribution in [2.45, 2.75) is 52.5 Å². The molecule has 110 valence electrons. The number of aliphatic carboxylic acids is 1. The maximum Gasteiger partial charge on any atom is 0.308 e. The Labute approximate surface area is 114 Å². The second-order valence-electron chi connectivity index (χ2n) is 6.06. The fraction of sp³-hybridized carbons (Fsp3) is 0.857. The Kier molecular flexibility index (Phi) is 5.35. The van der Waals surface area contributed by atoms with Gasteiger partial charge in [0, 0.05) is 12.6 Å². The Balaban J connectivity index is 2.67. The number of nitrogens with two attached hydrogens (primary N) is 1. The number of amides is 1. The summed E-state index contributed by atoms with van der Waals surface area (Å²) >= 11 is 0. The van der Waals surface area contributed by atoms with Gasteiger partial charge >= 0.3 is 5.97 Å². The zero-order valence-corrected chi connectivity index (χ0v) is 12.1. The van der Waals surface area contributed by atoms with Crippen LogP contribution in [0.25, 0.3) is 0 Å². The number of nitrogens with one attached hydrogen (secondary N) is 1. The van der Waals surface area contributed by atoms with Crippen molar-refractivity contribution in [3.8, 4) is 0 Å². The summed E-state index contributed by atoms with van der Waals surface area (Å²) in [7, 11) is 0. The molecule has 4 N–H and O–H groups in total. The third kappa shape index (κ3) is 3.69. The first-order valence-electron chi connectivity index (χ1n) is 7.06. The number of carboxylic acid groups (broad SMARTS) is 1. The lowest BCUT2D eigenvalue weighted by Crippen LogP contribution is -2.52. The molecular formula is C14H26N2O3. The Morgan fingerprint density at radius 3 is 2.32 bits per heavy atom. The molecular weight excluding hydrogens is 244 g/mol. The molecule has 1 fully saturated rings. The molecule has 0 radical (unpaired) electrons. The van der Waals surface area contributed by atoms with Crippen LogP contribution in [-0.4, -0.2) is 29.6 Å².